The summed E-state index contributed by atoms with van der Waals surface area (Å²) in [7, 11) is 0. The molecule has 2 aromatic rings. The largest absolute Gasteiger partial charge is 0.469 e. The third-order valence-corrected chi connectivity index (χ3v) is 3.32. The molecule has 18 heavy (non-hydrogen) atoms. The number of quaternary nitrogens is 1. The molecule has 0 spiro atoms. The Morgan fingerprint density at radius 1 is 1.11 bits per heavy atom. The van der Waals surface area contributed by atoms with Crippen molar-refractivity contribution in [3.63, 3.8) is 0 Å². The molecule has 0 aliphatic heterocycles. The van der Waals surface area contributed by atoms with Crippen LogP contribution in [-0.2, 0) is 6.54 Å². The Morgan fingerprint density at radius 2 is 1.89 bits per heavy atom. The SMILES string of the molecule is CC(C)[C@H](CC[NH2+]Cc1ccco1)c1ccco1. The molecule has 0 aliphatic rings. The predicted molar refractivity (Wildman–Crippen MR) is 70.1 cm³/mol. The quantitative estimate of drug-likeness (QED) is 0.766. The van der Waals surface area contributed by atoms with E-state index in [4.69, 9.17) is 8.83 Å². The predicted octanol–water partition coefficient (Wildman–Crippen LogP) is 2.77. The van der Waals surface area contributed by atoms with Gasteiger partial charge in [0.15, 0.2) is 5.76 Å². The lowest BCUT2D eigenvalue weighted by Gasteiger charge is -2.17. The lowest BCUT2D eigenvalue weighted by molar-refractivity contribution is -0.673. The third kappa shape index (κ3) is 3.50. The third-order valence-electron chi connectivity index (χ3n) is 3.32. The molecule has 3 nitrogen and oxygen atoms in total. The minimum absolute atomic E-state index is 0.507. The van der Waals surface area contributed by atoms with Gasteiger partial charge in [0, 0.05) is 12.3 Å². The summed E-state index contributed by atoms with van der Waals surface area (Å²) in [5, 5.41) is 2.29. The van der Waals surface area contributed by atoms with Crippen LogP contribution < -0.4 is 5.32 Å². The van der Waals surface area contributed by atoms with Crippen molar-refractivity contribution in [1.82, 2.24) is 0 Å². The summed E-state index contributed by atoms with van der Waals surface area (Å²) in [5.74, 6) is 3.26. The Kier molecular flexibility index (Phi) is 4.65. The van der Waals surface area contributed by atoms with Crippen LogP contribution in [0.1, 0.15) is 37.7 Å². The fraction of sp³-hybridized carbons (Fsp3) is 0.467. The van der Waals surface area contributed by atoms with Crippen LogP contribution in [0.2, 0.25) is 0 Å². The van der Waals surface area contributed by atoms with Crippen LogP contribution in [0.3, 0.4) is 0 Å². The van der Waals surface area contributed by atoms with Gasteiger partial charge in [0.25, 0.3) is 0 Å². The molecule has 1 atom stereocenters. The van der Waals surface area contributed by atoms with E-state index in [0.717, 1.165) is 31.0 Å². The van der Waals surface area contributed by atoms with Gasteiger partial charge in [-0.15, -0.1) is 0 Å². The topological polar surface area (TPSA) is 42.9 Å². The zero-order valence-electron chi connectivity index (χ0n) is 11.1. The van der Waals surface area contributed by atoms with Crippen LogP contribution in [0.5, 0.6) is 0 Å². The Bertz CT molecular complexity index is 417. The van der Waals surface area contributed by atoms with E-state index in [0.29, 0.717) is 11.8 Å². The standard InChI is InChI=1S/C15H21NO2/c1-12(2)14(15-6-4-10-18-15)7-8-16-11-13-5-3-9-17-13/h3-6,9-10,12,14,16H,7-8,11H2,1-2H3/p+1/t14-/m0/s1. The van der Waals surface area contributed by atoms with Crippen molar-refractivity contribution in [3.05, 3.63) is 48.3 Å². The molecule has 0 fully saturated rings. The minimum Gasteiger partial charge on any atom is -0.469 e. The minimum atomic E-state index is 0.507. The van der Waals surface area contributed by atoms with E-state index in [1.165, 1.54) is 0 Å². The second-order valence-electron chi connectivity index (χ2n) is 5.02. The van der Waals surface area contributed by atoms with Gasteiger partial charge in [-0.25, -0.2) is 0 Å². The summed E-state index contributed by atoms with van der Waals surface area (Å²) < 4.78 is 10.8. The first-order chi connectivity index (χ1) is 8.77. The van der Waals surface area contributed by atoms with E-state index in [-0.39, 0.29) is 0 Å². The molecule has 0 aliphatic carbocycles. The molecule has 2 N–H and O–H groups in total. The summed E-state index contributed by atoms with van der Waals surface area (Å²) in [6, 6.07) is 8.00. The van der Waals surface area contributed by atoms with Gasteiger partial charge in [0.05, 0.1) is 19.1 Å². The van der Waals surface area contributed by atoms with Crippen LogP contribution >= 0.6 is 0 Å². The van der Waals surface area contributed by atoms with E-state index < -0.39 is 0 Å². The summed E-state index contributed by atoms with van der Waals surface area (Å²) in [4.78, 5) is 0. The maximum atomic E-state index is 5.53. The van der Waals surface area contributed by atoms with E-state index in [9.17, 15) is 0 Å². The normalized spacial score (nSPS) is 13.1. The number of hydrogen-bond donors (Lipinski definition) is 1. The molecule has 3 heteroatoms. The first-order valence-electron chi connectivity index (χ1n) is 6.65. The summed E-state index contributed by atoms with van der Waals surface area (Å²) in [6.07, 6.45) is 4.62. The number of nitrogens with two attached hydrogens (primary N) is 1. The van der Waals surface area contributed by atoms with Crippen molar-refractivity contribution in [2.45, 2.75) is 32.7 Å². The van der Waals surface area contributed by atoms with Crippen molar-refractivity contribution >= 4 is 0 Å². The Hall–Kier alpha value is -1.48. The lowest BCUT2D eigenvalue weighted by Crippen LogP contribution is -2.82. The molecule has 98 valence electrons. The molecule has 0 bridgehead atoms. The highest BCUT2D eigenvalue weighted by Crippen LogP contribution is 2.27. The Labute approximate surface area is 108 Å². The van der Waals surface area contributed by atoms with Crippen LogP contribution in [0.4, 0.5) is 0 Å². The fourth-order valence-electron chi connectivity index (χ4n) is 2.28. The zero-order chi connectivity index (χ0) is 12.8. The second kappa shape index (κ2) is 6.45. The zero-order valence-corrected chi connectivity index (χ0v) is 11.1. The molecule has 2 rings (SSSR count). The number of hydrogen-bond acceptors (Lipinski definition) is 2. The van der Waals surface area contributed by atoms with Gasteiger partial charge in [0.2, 0.25) is 0 Å². The van der Waals surface area contributed by atoms with Crippen molar-refractivity contribution in [1.29, 1.82) is 0 Å². The smallest absolute Gasteiger partial charge is 0.157 e. The van der Waals surface area contributed by atoms with Gasteiger partial charge in [-0.1, -0.05) is 13.8 Å². The van der Waals surface area contributed by atoms with Gasteiger partial charge in [-0.2, -0.15) is 0 Å². The summed E-state index contributed by atoms with van der Waals surface area (Å²) >= 11 is 0. The average Bonchev–Trinajstić information content (AvgIpc) is 3.00. The van der Waals surface area contributed by atoms with E-state index in [1.807, 2.05) is 18.2 Å². The number of rotatable bonds is 7. The second-order valence-corrected chi connectivity index (χ2v) is 5.02. The van der Waals surface area contributed by atoms with Gasteiger partial charge in [-0.3, -0.25) is 0 Å². The molecule has 0 unspecified atom stereocenters. The molecule has 0 radical (unpaired) electrons. The molecule has 0 saturated carbocycles. The van der Waals surface area contributed by atoms with E-state index >= 15 is 0 Å². The van der Waals surface area contributed by atoms with Gasteiger partial charge in [0.1, 0.15) is 12.3 Å². The molecule has 2 heterocycles. The highest BCUT2D eigenvalue weighted by molar-refractivity contribution is 5.06. The van der Waals surface area contributed by atoms with Crippen molar-refractivity contribution in [2.75, 3.05) is 6.54 Å². The van der Waals surface area contributed by atoms with Gasteiger partial charge >= 0.3 is 0 Å². The fourth-order valence-corrected chi connectivity index (χ4v) is 2.28. The maximum absolute atomic E-state index is 5.53. The first-order valence-corrected chi connectivity index (χ1v) is 6.65. The average molecular weight is 248 g/mol. The molecule has 0 amide bonds. The monoisotopic (exact) mass is 248 g/mol. The molecule has 0 saturated heterocycles. The van der Waals surface area contributed by atoms with Gasteiger partial charge in [-0.05, 0) is 30.2 Å². The van der Waals surface area contributed by atoms with Crippen LogP contribution in [0.25, 0.3) is 0 Å². The van der Waals surface area contributed by atoms with E-state index in [2.05, 4.69) is 25.2 Å². The van der Waals surface area contributed by atoms with Crippen LogP contribution in [-0.4, -0.2) is 6.54 Å². The Morgan fingerprint density at radius 3 is 2.50 bits per heavy atom. The molecule has 2 aromatic heterocycles. The van der Waals surface area contributed by atoms with Crippen LogP contribution in [0, 0.1) is 5.92 Å². The highest BCUT2D eigenvalue weighted by Gasteiger charge is 2.18. The van der Waals surface area contributed by atoms with Crippen molar-refractivity contribution in [3.8, 4) is 0 Å². The highest BCUT2D eigenvalue weighted by atomic mass is 16.3. The number of furan rings is 2. The van der Waals surface area contributed by atoms with E-state index in [1.54, 1.807) is 12.5 Å². The van der Waals surface area contributed by atoms with Crippen molar-refractivity contribution < 1.29 is 14.2 Å². The van der Waals surface area contributed by atoms with Crippen LogP contribution in [0.15, 0.2) is 45.6 Å². The first kappa shape index (κ1) is 13.0. The molecular weight excluding hydrogens is 226 g/mol. The lowest BCUT2D eigenvalue weighted by atomic mass is 9.90. The Balaban J connectivity index is 1.76. The molecular formula is C15H22NO2+. The molecule has 0 aromatic carbocycles. The maximum Gasteiger partial charge on any atom is 0.157 e. The summed E-state index contributed by atoms with van der Waals surface area (Å²) in [6.45, 7) is 6.50. The van der Waals surface area contributed by atoms with Gasteiger partial charge < -0.3 is 14.2 Å². The van der Waals surface area contributed by atoms with Crippen molar-refractivity contribution in [2.24, 2.45) is 5.92 Å². The summed E-state index contributed by atoms with van der Waals surface area (Å²) in [5.41, 5.74) is 0.